The van der Waals surface area contributed by atoms with E-state index in [1.165, 1.54) is 12.1 Å². The first-order valence-electron chi connectivity index (χ1n) is 6.96. The minimum atomic E-state index is -2.98. The van der Waals surface area contributed by atoms with Gasteiger partial charge in [0.25, 0.3) is 5.92 Å². The number of piperidine rings is 1. The number of carbonyl (C=O) groups is 2. The summed E-state index contributed by atoms with van der Waals surface area (Å²) in [5, 5.41) is 9.05. The maximum Gasteiger partial charge on any atom is 0.407 e. The van der Waals surface area contributed by atoms with E-state index in [1.54, 1.807) is 6.92 Å². The lowest BCUT2D eigenvalue weighted by Gasteiger charge is -2.38. The van der Waals surface area contributed by atoms with Gasteiger partial charge in [-0.3, -0.25) is 0 Å². The molecule has 0 radical (unpaired) electrons. The Kier molecular flexibility index (Phi) is 3.30. The van der Waals surface area contributed by atoms with E-state index in [0.29, 0.717) is 22.3 Å². The van der Waals surface area contributed by atoms with E-state index in [0.717, 1.165) is 4.90 Å². The van der Waals surface area contributed by atoms with Gasteiger partial charge in [0.2, 0.25) is 0 Å². The summed E-state index contributed by atoms with van der Waals surface area (Å²) in [5.41, 5.74) is 1.98. The third-order valence-electron chi connectivity index (χ3n) is 4.48. The molecule has 118 valence electrons. The largest absolute Gasteiger partial charge is 0.465 e. The smallest absolute Gasteiger partial charge is 0.407 e. The normalized spacial score (nSPS) is 23.1. The topological polar surface area (TPSA) is 66.8 Å². The molecule has 2 heterocycles. The summed E-state index contributed by atoms with van der Waals surface area (Å²) in [7, 11) is 0. The van der Waals surface area contributed by atoms with Crippen LogP contribution in [-0.4, -0.2) is 41.1 Å². The standard InChI is InChI=1S/C15H15F2NO4/c1-8-9(2-3-10-11(8)7-22-13(10)19)12-6-18(14(20)21)5-4-15(12,16)17/h2-3,12H,4-7H2,1H3,(H,20,21). The van der Waals surface area contributed by atoms with Crippen LogP contribution in [0.1, 0.15) is 39.4 Å². The van der Waals surface area contributed by atoms with Gasteiger partial charge in [-0.2, -0.15) is 0 Å². The fourth-order valence-corrected chi connectivity index (χ4v) is 3.15. The minimum Gasteiger partial charge on any atom is -0.465 e. The van der Waals surface area contributed by atoms with Crippen molar-refractivity contribution in [2.24, 2.45) is 0 Å². The molecule has 0 bridgehead atoms. The molecule has 1 atom stereocenters. The fourth-order valence-electron chi connectivity index (χ4n) is 3.15. The molecule has 1 N–H and O–H groups in total. The predicted octanol–water partition coefficient (Wildman–Crippen LogP) is 2.77. The summed E-state index contributed by atoms with van der Waals surface area (Å²) in [6, 6.07) is 2.98. The number of cyclic esters (lactones) is 1. The van der Waals surface area contributed by atoms with Crippen LogP contribution in [-0.2, 0) is 11.3 Å². The molecule has 2 aliphatic rings. The van der Waals surface area contributed by atoms with E-state index in [9.17, 15) is 18.4 Å². The van der Waals surface area contributed by atoms with Crippen molar-refractivity contribution in [3.63, 3.8) is 0 Å². The summed E-state index contributed by atoms with van der Waals surface area (Å²) >= 11 is 0. The highest BCUT2D eigenvalue weighted by Gasteiger charge is 2.47. The zero-order valence-electron chi connectivity index (χ0n) is 11.9. The summed E-state index contributed by atoms with van der Waals surface area (Å²) in [4.78, 5) is 23.6. The van der Waals surface area contributed by atoms with E-state index < -0.39 is 30.3 Å². The number of rotatable bonds is 1. The van der Waals surface area contributed by atoms with Crippen LogP contribution in [0.15, 0.2) is 12.1 Å². The van der Waals surface area contributed by atoms with Crippen LogP contribution in [0.2, 0.25) is 0 Å². The Morgan fingerprint density at radius 3 is 2.86 bits per heavy atom. The Morgan fingerprint density at radius 1 is 1.45 bits per heavy atom. The van der Waals surface area contributed by atoms with Crippen LogP contribution in [0.3, 0.4) is 0 Å². The van der Waals surface area contributed by atoms with Gasteiger partial charge in [-0.25, -0.2) is 18.4 Å². The number of benzene rings is 1. The SMILES string of the molecule is Cc1c(C2CN(C(=O)O)CCC2(F)F)ccc2c1COC2=O. The summed E-state index contributed by atoms with van der Waals surface area (Å²) in [5.74, 6) is -4.64. The van der Waals surface area contributed by atoms with Gasteiger partial charge in [0.1, 0.15) is 6.61 Å². The van der Waals surface area contributed by atoms with Crippen molar-refractivity contribution in [1.82, 2.24) is 4.90 Å². The van der Waals surface area contributed by atoms with Gasteiger partial charge in [0, 0.05) is 25.1 Å². The third-order valence-corrected chi connectivity index (χ3v) is 4.48. The minimum absolute atomic E-state index is 0.0782. The van der Waals surface area contributed by atoms with Crippen molar-refractivity contribution < 1.29 is 28.2 Å². The molecule has 3 rings (SSSR count). The van der Waals surface area contributed by atoms with Gasteiger partial charge in [-0.15, -0.1) is 0 Å². The predicted molar refractivity (Wildman–Crippen MR) is 72.2 cm³/mol. The lowest BCUT2D eigenvalue weighted by molar-refractivity contribution is -0.0707. The number of halogens is 2. The highest BCUT2D eigenvalue weighted by atomic mass is 19.3. The highest BCUT2D eigenvalue weighted by Crippen LogP contribution is 2.42. The molecule has 1 aromatic carbocycles. The summed E-state index contributed by atoms with van der Waals surface area (Å²) in [6.07, 6.45) is -1.70. The number of hydrogen-bond acceptors (Lipinski definition) is 3. The molecular weight excluding hydrogens is 296 g/mol. The molecule has 1 aromatic rings. The van der Waals surface area contributed by atoms with Crippen LogP contribution in [0.4, 0.5) is 13.6 Å². The maximum absolute atomic E-state index is 14.3. The van der Waals surface area contributed by atoms with Gasteiger partial charge in [0.05, 0.1) is 11.5 Å². The first kappa shape index (κ1) is 14.7. The highest BCUT2D eigenvalue weighted by molar-refractivity contribution is 5.94. The van der Waals surface area contributed by atoms with Crippen molar-refractivity contribution in [2.45, 2.75) is 31.8 Å². The zero-order chi connectivity index (χ0) is 16.1. The molecule has 1 saturated heterocycles. The average molecular weight is 311 g/mol. The number of fused-ring (bicyclic) bond motifs is 1. The van der Waals surface area contributed by atoms with Crippen molar-refractivity contribution in [2.75, 3.05) is 13.1 Å². The van der Waals surface area contributed by atoms with Gasteiger partial charge in [-0.1, -0.05) is 6.07 Å². The number of carbonyl (C=O) groups excluding carboxylic acids is 1. The van der Waals surface area contributed by atoms with Gasteiger partial charge in [-0.05, 0) is 24.1 Å². The number of ether oxygens (including phenoxy) is 1. The second-order valence-corrected chi connectivity index (χ2v) is 5.67. The number of amides is 1. The lowest BCUT2D eigenvalue weighted by Crippen LogP contribution is -2.47. The Labute approximate surface area is 125 Å². The monoisotopic (exact) mass is 311 g/mol. The number of hydrogen-bond donors (Lipinski definition) is 1. The van der Waals surface area contributed by atoms with Gasteiger partial charge < -0.3 is 14.7 Å². The van der Waals surface area contributed by atoms with E-state index in [2.05, 4.69) is 0 Å². The molecule has 0 spiro atoms. The Hall–Kier alpha value is -2.18. The lowest BCUT2D eigenvalue weighted by atomic mass is 9.83. The molecule has 1 fully saturated rings. The molecule has 2 aliphatic heterocycles. The summed E-state index contributed by atoms with van der Waals surface area (Å²) in [6.45, 7) is 1.32. The maximum atomic E-state index is 14.3. The number of esters is 1. The Morgan fingerprint density at radius 2 is 2.18 bits per heavy atom. The number of carboxylic acid groups (broad SMARTS) is 1. The van der Waals surface area contributed by atoms with Crippen molar-refractivity contribution >= 4 is 12.1 Å². The molecule has 0 aliphatic carbocycles. The average Bonchev–Trinajstić information content (AvgIpc) is 2.82. The fraction of sp³-hybridized carbons (Fsp3) is 0.467. The first-order valence-corrected chi connectivity index (χ1v) is 6.96. The number of likely N-dealkylation sites (tertiary alicyclic amines) is 1. The molecule has 0 aromatic heterocycles. The van der Waals surface area contributed by atoms with Crippen LogP contribution >= 0.6 is 0 Å². The first-order chi connectivity index (χ1) is 10.3. The van der Waals surface area contributed by atoms with Crippen molar-refractivity contribution in [3.8, 4) is 0 Å². The van der Waals surface area contributed by atoms with Gasteiger partial charge in [0.15, 0.2) is 0 Å². The Bertz CT molecular complexity index is 659. The molecule has 1 unspecified atom stereocenters. The third kappa shape index (κ3) is 2.20. The van der Waals surface area contributed by atoms with Gasteiger partial charge >= 0.3 is 12.1 Å². The van der Waals surface area contributed by atoms with Crippen molar-refractivity contribution in [1.29, 1.82) is 0 Å². The molecular formula is C15H15F2NO4. The quantitative estimate of drug-likeness (QED) is 0.810. The van der Waals surface area contributed by atoms with E-state index in [1.807, 2.05) is 0 Å². The molecule has 5 nitrogen and oxygen atoms in total. The molecule has 7 heteroatoms. The molecule has 0 saturated carbocycles. The van der Waals surface area contributed by atoms with Crippen LogP contribution < -0.4 is 0 Å². The second kappa shape index (κ2) is 4.93. The van der Waals surface area contributed by atoms with Crippen LogP contribution in [0.5, 0.6) is 0 Å². The van der Waals surface area contributed by atoms with E-state index in [-0.39, 0.29) is 19.7 Å². The number of nitrogens with zero attached hydrogens (tertiary/aromatic N) is 1. The van der Waals surface area contributed by atoms with Crippen LogP contribution in [0.25, 0.3) is 0 Å². The van der Waals surface area contributed by atoms with E-state index in [4.69, 9.17) is 9.84 Å². The molecule has 22 heavy (non-hydrogen) atoms. The van der Waals surface area contributed by atoms with E-state index >= 15 is 0 Å². The number of alkyl halides is 2. The Balaban J connectivity index is 2.02. The van der Waals surface area contributed by atoms with Crippen molar-refractivity contribution in [3.05, 3.63) is 34.4 Å². The van der Waals surface area contributed by atoms with Crippen LogP contribution in [0, 0.1) is 6.92 Å². The summed E-state index contributed by atoms with van der Waals surface area (Å²) < 4.78 is 33.5. The zero-order valence-corrected chi connectivity index (χ0v) is 11.9. The second-order valence-electron chi connectivity index (χ2n) is 5.67. The molecule has 1 amide bonds.